The minimum Gasteiger partial charge on any atom is -0.481 e. The molecule has 3 N–H and O–H groups in total. The Morgan fingerprint density at radius 3 is 1.62 bits per heavy atom. The molecule has 0 heterocycles. The summed E-state index contributed by atoms with van der Waals surface area (Å²) in [4.78, 5) is 21.8. The van der Waals surface area contributed by atoms with E-state index in [0.717, 1.165) is 12.8 Å². The summed E-state index contributed by atoms with van der Waals surface area (Å²) in [6.07, 6.45) is 22.9. The minimum atomic E-state index is -0.985. The number of rotatable bonds is 19. The lowest BCUT2D eigenvalue weighted by Crippen LogP contribution is -2.20. The normalized spacial score (nSPS) is 12.5. The van der Waals surface area contributed by atoms with E-state index in [9.17, 15) is 9.59 Å². The van der Waals surface area contributed by atoms with Gasteiger partial charge >= 0.3 is 5.97 Å². The highest BCUT2D eigenvalue weighted by Crippen LogP contribution is 2.14. The molecule has 26 heavy (non-hydrogen) atoms. The third kappa shape index (κ3) is 17.5. The first-order chi connectivity index (χ1) is 12.6. The molecule has 0 aliphatic rings. The maximum absolute atomic E-state index is 11.0. The number of carboxylic acid groups (broad SMARTS) is 1. The molecule has 0 saturated carbocycles. The van der Waals surface area contributed by atoms with Crippen LogP contribution in [-0.2, 0) is 9.59 Å². The predicted octanol–water partition coefficient (Wildman–Crippen LogP) is 5.99. The van der Waals surface area contributed by atoms with Gasteiger partial charge in [0.15, 0.2) is 0 Å². The van der Waals surface area contributed by atoms with Crippen LogP contribution in [0.15, 0.2) is 12.2 Å². The number of allylic oxidation sites excluding steroid dienone is 1. The average molecular weight is 368 g/mol. The van der Waals surface area contributed by atoms with Gasteiger partial charge in [-0.05, 0) is 12.8 Å². The number of nitrogens with two attached hydrogens (primary N) is 1. The number of carbonyl (C=O) groups excluding carboxylic acids is 1. The zero-order valence-electron chi connectivity index (χ0n) is 16.9. The molecule has 0 aliphatic carbocycles. The van der Waals surface area contributed by atoms with Gasteiger partial charge in [-0.1, -0.05) is 103 Å². The van der Waals surface area contributed by atoms with Crippen LogP contribution < -0.4 is 5.73 Å². The van der Waals surface area contributed by atoms with Crippen LogP contribution in [0.2, 0.25) is 0 Å². The fraction of sp³-hybridized carbons (Fsp3) is 0.818. The molecule has 0 aromatic carbocycles. The Labute approximate surface area is 160 Å². The van der Waals surface area contributed by atoms with Gasteiger partial charge in [0.25, 0.3) is 0 Å². The van der Waals surface area contributed by atoms with E-state index in [1.54, 1.807) is 6.08 Å². The Bertz CT molecular complexity index is 380. The van der Waals surface area contributed by atoms with Gasteiger partial charge in [-0.3, -0.25) is 9.59 Å². The molecule has 0 spiro atoms. The fourth-order valence-corrected chi connectivity index (χ4v) is 3.17. The van der Waals surface area contributed by atoms with E-state index in [-0.39, 0.29) is 6.42 Å². The summed E-state index contributed by atoms with van der Waals surface area (Å²) in [5, 5.41) is 8.99. The van der Waals surface area contributed by atoms with Gasteiger partial charge in [0.1, 0.15) is 0 Å². The van der Waals surface area contributed by atoms with E-state index in [4.69, 9.17) is 10.8 Å². The molecule has 0 bridgehead atoms. The lowest BCUT2D eigenvalue weighted by molar-refractivity contribution is -0.141. The van der Waals surface area contributed by atoms with Crippen LogP contribution in [0.25, 0.3) is 0 Å². The van der Waals surface area contributed by atoms with E-state index in [1.807, 2.05) is 6.08 Å². The molecule has 0 aliphatic heterocycles. The molecule has 0 rings (SSSR count). The molecule has 0 aromatic rings. The molecule has 0 radical (unpaired) electrons. The van der Waals surface area contributed by atoms with Crippen molar-refractivity contribution in [2.45, 2.75) is 110 Å². The first-order valence-corrected chi connectivity index (χ1v) is 10.8. The van der Waals surface area contributed by atoms with Crippen LogP contribution in [0.5, 0.6) is 0 Å². The Morgan fingerprint density at radius 1 is 0.808 bits per heavy atom. The summed E-state index contributed by atoms with van der Waals surface area (Å²) >= 11 is 0. The molecule has 1 unspecified atom stereocenters. The standard InChI is InChI=1S/C22H41NO3/c1-2-3-4-5-6-7-8-9-10-11-12-13-14-15-16-17-18-20(22(25)26)19-21(23)24/h17-18,20H,2-16,19H2,1H3,(H2,23,24)(H,25,26). The predicted molar refractivity (Wildman–Crippen MR) is 109 cm³/mol. The van der Waals surface area contributed by atoms with Gasteiger partial charge in [0, 0.05) is 6.42 Å². The molecular formula is C22H41NO3. The van der Waals surface area contributed by atoms with Crippen molar-refractivity contribution in [2.75, 3.05) is 0 Å². The first-order valence-electron chi connectivity index (χ1n) is 10.8. The Kier molecular flexibility index (Phi) is 17.5. The van der Waals surface area contributed by atoms with Gasteiger partial charge in [-0.25, -0.2) is 0 Å². The molecule has 0 aromatic heterocycles. The Hall–Kier alpha value is -1.32. The SMILES string of the molecule is CCCCCCCCCCCCCCCCC=CC(CC(N)=O)C(=O)O. The first kappa shape index (κ1) is 24.7. The Balaban J connectivity index is 3.36. The third-order valence-corrected chi connectivity index (χ3v) is 4.83. The zero-order valence-corrected chi connectivity index (χ0v) is 16.9. The quantitative estimate of drug-likeness (QED) is 0.217. The molecule has 4 nitrogen and oxygen atoms in total. The summed E-state index contributed by atoms with van der Waals surface area (Å²) in [5.74, 6) is -2.33. The van der Waals surface area contributed by atoms with Gasteiger partial charge in [0.05, 0.1) is 5.92 Å². The highest BCUT2D eigenvalue weighted by Gasteiger charge is 2.15. The van der Waals surface area contributed by atoms with Crippen LogP contribution in [-0.4, -0.2) is 17.0 Å². The summed E-state index contributed by atoms with van der Waals surface area (Å²) < 4.78 is 0. The van der Waals surface area contributed by atoms with Gasteiger partial charge in [0.2, 0.25) is 5.91 Å². The van der Waals surface area contributed by atoms with Crippen LogP contribution >= 0.6 is 0 Å². The van der Waals surface area contributed by atoms with Crippen molar-refractivity contribution in [2.24, 2.45) is 11.7 Å². The van der Waals surface area contributed by atoms with E-state index in [1.165, 1.54) is 83.5 Å². The molecule has 1 atom stereocenters. The number of carboxylic acids is 1. The van der Waals surface area contributed by atoms with E-state index < -0.39 is 17.8 Å². The van der Waals surface area contributed by atoms with Crippen molar-refractivity contribution < 1.29 is 14.7 Å². The van der Waals surface area contributed by atoms with Gasteiger partial charge in [-0.15, -0.1) is 0 Å². The highest BCUT2D eigenvalue weighted by molar-refractivity contribution is 5.82. The van der Waals surface area contributed by atoms with Crippen molar-refractivity contribution in [3.63, 3.8) is 0 Å². The van der Waals surface area contributed by atoms with Crippen molar-refractivity contribution in [3.05, 3.63) is 12.2 Å². The lowest BCUT2D eigenvalue weighted by Gasteiger charge is -2.04. The summed E-state index contributed by atoms with van der Waals surface area (Å²) in [5.41, 5.74) is 5.06. The zero-order chi connectivity index (χ0) is 19.5. The van der Waals surface area contributed by atoms with Crippen LogP contribution in [0.1, 0.15) is 110 Å². The molecular weight excluding hydrogens is 326 g/mol. The number of hydrogen-bond donors (Lipinski definition) is 2. The van der Waals surface area contributed by atoms with Crippen molar-refractivity contribution >= 4 is 11.9 Å². The second-order valence-corrected chi connectivity index (χ2v) is 7.43. The second-order valence-electron chi connectivity index (χ2n) is 7.43. The van der Waals surface area contributed by atoms with E-state index >= 15 is 0 Å². The average Bonchev–Trinajstić information content (AvgIpc) is 2.59. The Morgan fingerprint density at radius 2 is 1.23 bits per heavy atom. The lowest BCUT2D eigenvalue weighted by atomic mass is 10.0. The van der Waals surface area contributed by atoms with Crippen LogP contribution in [0, 0.1) is 5.92 Å². The number of unbranched alkanes of at least 4 members (excludes halogenated alkanes) is 14. The summed E-state index contributed by atoms with van der Waals surface area (Å²) in [6.45, 7) is 2.26. The highest BCUT2D eigenvalue weighted by atomic mass is 16.4. The van der Waals surface area contributed by atoms with Crippen molar-refractivity contribution in [3.8, 4) is 0 Å². The topological polar surface area (TPSA) is 80.4 Å². The van der Waals surface area contributed by atoms with Crippen LogP contribution in [0.3, 0.4) is 0 Å². The monoisotopic (exact) mass is 367 g/mol. The molecule has 0 fully saturated rings. The maximum Gasteiger partial charge on any atom is 0.310 e. The van der Waals surface area contributed by atoms with Crippen molar-refractivity contribution in [1.82, 2.24) is 0 Å². The van der Waals surface area contributed by atoms with Crippen LogP contribution in [0.4, 0.5) is 0 Å². The smallest absolute Gasteiger partial charge is 0.310 e. The number of aliphatic carboxylic acids is 1. The van der Waals surface area contributed by atoms with E-state index in [0.29, 0.717) is 0 Å². The minimum absolute atomic E-state index is 0.120. The van der Waals surface area contributed by atoms with E-state index in [2.05, 4.69) is 6.92 Å². The summed E-state index contributed by atoms with van der Waals surface area (Å²) in [6, 6.07) is 0. The van der Waals surface area contributed by atoms with Gasteiger partial charge in [-0.2, -0.15) is 0 Å². The number of amides is 1. The summed E-state index contributed by atoms with van der Waals surface area (Å²) in [7, 11) is 0. The fourth-order valence-electron chi connectivity index (χ4n) is 3.17. The maximum atomic E-state index is 11.0. The second kappa shape index (κ2) is 18.5. The van der Waals surface area contributed by atoms with Gasteiger partial charge < -0.3 is 10.8 Å². The number of primary amides is 1. The largest absolute Gasteiger partial charge is 0.481 e. The molecule has 4 heteroatoms. The molecule has 1 amide bonds. The van der Waals surface area contributed by atoms with Crippen molar-refractivity contribution in [1.29, 1.82) is 0 Å². The number of carbonyl (C=O) groups is 2. The third-order valence-electron chi connectivity index (χ3n) is 4.83. The molecule has 0 saturated heterocycles. The molecule has 152 valence electrons. The number of hydrogen-bond acceptors (Lipinski definition) is 2.